The summed E-state index contributed by atoms with van der Waals surface area (Å²) in [5.74, 6) is -0.343. The molecule has 1 aromatic heterocycles. The normalized spacial score (nSPS) is 12.8. The summed E-state index contributed by atoms with van der Waals surface area (Å²) in [6, 6.07) is 12.6. The highest BCUT2D eigenvalue weighted by Gasteiger charge is 2.24. The number of ether oxygens (including phenoxy) is 1. The molecule has 8 heteroatoms. The molecule has 0 spiro atoms. The zero-order chi connectivity index (χ0) is 22.9. The Balaban J connectivity index is 1.66. The fraction of sp³-hybridized carbons (Fsp3) is 0.250. The van der Waals surface area contributed by atoms with Gasteiger partial charge in [-0.05, 0) is 67.5 Å². The number of nitrogens with zero attached hydrogens (tertiary/aromatic N) is 1. The van der Waals surface area contributed by atoms with Crippen LogP contribution in [-0.4, -0.2) is 26.4 Å². The molecule has 0 unspecified atom stereocenters. The van der Waals surface area contributed by atoms with Crippen molar-refractivity contribution >= 4 is 27.3 Å². The lowest BCUT2D eigenvalue weighted by Crippen LogP contribution is -2.18. The van der Waals surface area contributed by atoms with Gasteiger partial charge >= 0.3 is 0 Å². The molecule has 32 heavy (non-hydrogen) atoms. The maximum atomic E-state index is 13.2. The number of hydrogen-bond donors (Lipinski definition) is 2. The molecule has 2 N–H and O–H groups in total. The molecule has 1 aliphatic carbocycles. The van der Waals surface area contributed by atoms with E-state index in [1.54, 1.807) is 6.07 Å². The van der Waals surface area contributed by atoms with Crippen LogP contribution in [0.2, 0.25) is 0 Å². The summed E-state index contributed by atoms with van der Waals surface area (Å²) in [7, 11) is -2.67. The Hall–Kier alpha value is -3.39. The summed E-state index contributed by atoms with van der Waals surface area (Å²) in [5, 5.41) is 2.79. The molecule has 0 bridgehead atoms. The van der Waals surface area contributed by atoms with E-state index in [1.807, 2.05) is 44.2 Å². The second-order valence-corrected chi connectivity index (χ2v) is 9.51. The lowest BCUT2D eigenvalue weighted by molar-refractivity contribution is 0.102. The number of amides is 1. The van der Waals surface area contributed by atoms with Gasteiger partial charge in [0.05, 0.1) is 24.7 Å². The average molecular weight is 452 g/mol. The standard InChI is InChI=1S/C24H25N3O4S/c1-15-7-4-8-16(2)22(15)27-32(29,30)21-13-18(14-25-24(21)31-3)26-23(28)20-12-6-10-17-9-5-11-19(17)20/h4,6-8,10,12-14,27H,5,9,11H2,1-3H3,(H,26,28). The van der Waals surface area contributed by atoms with E-state index >= 15 is 0 Å². The third-order valence-electron chi connectivity index (χ3n) is 5.67. The summed E-state index contributed by atoms with van der Waals surface area (Å²) in [5.41, 5.74) is 5.21. The summed E-state index contributed by atoms with van der Waals surface area (Å²) >= 11 is 0. The minimum absolute atomic E-state index is 0.0534. The lowest BCUT2D eigenvalue weighted by atomic mass is 10.0. The van der Waals surface area contributed by atoms with Crippen LogP contribution in [0.1, 0.15) is 39.0 Å². The highest BCUT2D eigenvalue weighted by Crippen LogP contribution is 2.30. The van der Waals surface area contributed by atoms with Crippen molar-refractivity contribution in [3.8, 4) is 5.88 Å². The third-order valence-corrected chi connectivity index (χ3v) is 7.01. The second-order valence-electron chi connectivity index (χ2n) is 7.85. The van der Waals surface area contributed by atoms with Crippen molar-refractivity contribution in [3.63, 3.8) is 0 Å². The number of anilines is 2. The Labute approximate surface area is 187 Å². The van der Waals surface area contributed by atoms with Crippen LogP contribution in [0.5, 0.6) is 5.88 Å². The van der Waals surface area contributed by atoms with Crippen LogP contribution in [0.3, 0.4) is 0 Å². The van der Waals surface area contributed by atoms with E-state index in [0.29, 0.717) is 11.3 Å². The third kappa shape index (κ3) is 4.18. The number of aryl methyl sites for hydroxylation is 3. The smallest absolute Gasteiger partial charge is 0.267 e. The monoisotopic (exact) mass is 451 g/mol. The molecule has 166 valence electrons. The lowest BCUT2D eigenvalue weighted by Gasteiger charge is -2.16. The van der Waals surface area contributed by atoms with Gasteiger partial charge in [-0.25, -0.2) is 13.4 Å². The van der Waals surface area contributed by atoms with Gasteiger partial charge in [0.2, 0.25) is 5.88 Å². The van der Waals surface area contributed by atoms with Gasteiger partial charge in [0.25, 0.3) is 15.9 Å². The van der Waals surface area contributed by atoms with Crippen LogP contribution in [0.4, 0.5) is 11.4 Å². The van der Waals surface area contributed by atoms with Crippen LogP contribution in [-0.2, 0) is 22.9 Å². The van der Waals surface area contributed by atoms with Gasteiger partial charge in [0, 0.05) is 5.56 Å². The number of benzene rings is 2. The first-order valence-corrected chi connectivity index (χ1v) is 11.8. The quantitative estimate of drug-likeness (QED) is 0.584. The fourth-order valence-corrected chi connectivity index (χ4v) is 5.39. The number of rotatable bonds is 6. The molecule has 0 saturated heterocycles. The van der Waals surface area contributed by atoms with Crippen molar-refractivity contribution in [1.82, 2.24) is 4.98 Å². The molecule has 4 rings (SSSR count). The van der Waals surface area contributed by atoms with E-state index in [9.17, 15) is 13.2 Å². The van der Waals surface area contributed by atoms with E-state index in [1.165, 1.54) is 24.9 Å². The Kier molecular flexibility index (Phi) is 5.88. The molecule has 0 radical (unpaired) electrons. The Bertz CT molecular complexity index is 1280. The van der Waals surface area contributed by atoms with Crippen molar-refractivity contribution in [1.29, 1.82) is 0 Å². The van der Waals surface area contributed by atoms with Crippen molar-refractivity contribution in [2.24, 2.45) is 0 Å². The minimum atomic E-state index is -4.02. The summed E-state index contributed by atoms with van der Waals surface area (Å²) < 4.78 is 34.2. The summed E-state index contributed by atoms with van der Waals surface area (Å²) in [6.45, 7) is 3.66. The van der Waals surface area contributed by atoms with Gasteiger partial charge in [0.15, 0.2) is 4.90 Å². The van der Waals surface area contributed by atoms with Crippen molar-refractivity contribution in [2.45, 2.75) is 38.0 Å². The summed E-state index contributed by atoms with van der Waals surface area (Å²) in [6.07, 6.45) is 4.24. The van der Waals surface area contributed by atoms with Crippen molar-refractivity contribution in [3.05, 3.63) is 76.5 Å². The number of carbonyl (C=O) groups excluding carboxylic acids is 1. The Morgan fingerprint density at radius 1 is 1.06 bits per heavy atom. The first-order valence-electron chi connectivity index (χ1n) is 10.4. The number of carbonyl (C=O) groups is 1. The molecule has 1 amide bonds. The molecule has 0 saturated carbocycles. The molecule has 2 aromatic carbocycles. The first kappa shape index (κ1) is 21.8. The Morgan fingerprint density at radius 3 is 2.50 bits per heavy atom. The number of pyridine rings is 1. The van der Waals surface area contributed by atoms with Gasteiger partial charge < -0.3 is 10.1 Å². The van der Waals surface area contributed by atoms with Crippen molar-refractivity contribution in [2.75, 3.05) is 17.1 Å². The second kappa shape index (κ2) is 8.63. The van der Waals surface area contributed by atoms with Crippen LogP contribution >= 0.6 is 0 Å². The molecule has 7 nitrogen and oxygen atoms in total. The highest BCUT2D eigenvalue weighted by atomic mass is 32.2. The molecule has 0 fully saturated rings. The molecule has 0 aliphatic heterocycles. The highest BCUT2D eigenvalue weighted by molar-refractivity contribution is 7.92. The van der Waals surface area contributed by atoms with Gasteiger partial charge in [0.1, 0.15) is 0 Å². The van der Waals surface area contributed by atoms with E-state index < -0.39 is 10.0 Å². The first-order chi connectivity index (χ1) is 15.3. The zero-order valence-corrected chi connectivity index (χ0v) is 19.0. The maximum Gasteiger partial charge on any atom is 0.267 e. The SMILES string of the molecule is COc1ncc(NC(=O)c2cccc3c2CCC3)cc1S(=O)(=O)Nc1c(C)cccc1C. The Morgan fingerprint density at radius 2 is 1.78 bits per heavy atom. The number of methoxy groups -OCH3 is 1. The maximum absolute atomic E-state index is 13.2. The number of aromatic nitrogens is 1. The van der Waals surface area contributed by atoms with Crippen LogP contribution in [0.15, 0.2) is 53.6 Å². The molecule has 1 aliphatic rings. The predicted molar refractivity (Wildman–Crippen MR) is 124 cm³/mol. The molecule has 0 atom stereocenters. The van der Waals surface area contributed by atoms with Gasteiger partial charge in [-0.3, -0.25) is 9.52 Å². The molecular formula is C24H25N3O4S. The predicted octanol–water partition coefficient (Wildman–Crippen LogP) is 4.25. The number of para-hydroxylation sites is 1. The molecule has 3 aromatic rings. The van der Waals surface area contributed by atoms with Crippen LogP contribution < -0.4 is 14.8 Å². The average Bonchev–Trinajstić information content (AvgIpc) is 3.25. The van der Waals surface area contributed by atoms with E-state index in [-0.39, 0.29) is 22.4 Å². The van der Waals surface area contributed by atoms with Gasteiger partial charge in [-0.15, -0.1) is 0 Å². The number of nitrogens with one attached hydrogen (secondary N) is 2. The number of hydrogen-bond acceptors (Lipinski definition) is 5. The molecular weight excluding hydrogens is 426 g/mol. The van der Waals surface area contributed by atoms with E-state index in [0.717, 1.165) is 36.0 Å². The fourth-order valence-electron chi connectivity index (χ4n) is 4.04. The topological polar surface area (TPSA) is 97.4 Å². The van der Waals surface area contributed by atoms with Crippen LogP contribution in [0, 0.1) is 13.8 Å². The van der Waals surface area contributed by atoms with Gasteiger partial charge in [-0.1, -0.05) is 30.3 Å². The summed E-state index contributed by atoms with van der Waals surface area (Å²) in [4.78, 5) is 16.9. The van der Waals surface area contributed by atoms with E-state index in [2.05, 4.69) is 15.0 Å². The minimum Gasteiger partial charge on any atom is -0.480 e. The van der Waals surface area contributed by atoms with E-state index in [4.69, 9.17) is 4.74 Å². The van der Waals surface area contributed by atoms with Crippen LogP contribution in [0.25, 0.3) is 0 Å². The largest absolute Gasteiger partial charge is 0.480 e. The number of fused-ring (bicyclic) bond motifs is 1. The number of sulfonamides is 1. The molecule has 1 heterocycles. The zero-order valence-electron chi connectivity index (χ0n) is 18.2. The van der Waals surface area contributed by atoms with Crippen molar-refractivity contribution < 1.29 is 17.9 Å². The van der Waals surface area contributed by atoms with Gasteiger partial charge in [-0.2, -0.15) is 0 Å².